The highest BCUT2D eigenvalue weighted by Crippen LogP contribution is 2.31. The standard InChI is InChI=1S/C17H15F2N3O2.C7H15NOS/c1-10(2)22-14-6-11(9-23)8-20-16(14)15(21-22)12-4-3-5-13(7-12)24-17(18)19;1-7(8-2)3-5-10(9)6-4-7/h3-10,17H,1-2H3;8H,3-6H2,1-2H3. The fourth-order valence-electron chi connectivity index (χ4n) is 3.66. The van der Waals surface area contributed by atoms with Crippen LogP contribution in [-0.4, -0.2) is 56.0 Å². The number of aromatic nitrogens is 3. The number of aldehydes is 1. The lowest BCUT2D eigenvalue weighted by molar-refractivity contribution is -0.0498. The van der Waals surface area contributed by atoms with Crippen LogP contribution in [0.2, 0.25) is 0 Å². The molecule has 4 rings (SSSR count). The van der Waals surface area contributed by atoms with E-state index >= 15 is 0 Å². The van der Waals surface area contributed by atoms with Crippen LogP contribution in [0.5, 0.6) is 5.75 Å². The second kappa shape index (κ2) is 11.1. The van der Waals surface area contributed by atoms with E-state index in [1.165, 1.54) is 18.3 Å². The van der Waals surface area contributed by atoms with Crippen molar-refractivity contribution in [3.63, 3.8) is 0 Å². The van der Waals surface area contributed by atoms with Crippen molar-refractivity contribution >= 4 is 28.1 Å². The smallest absolute Gasteiger partial charge is 0.387 e. The van der Waals surface area contributed by atoms with Gasteiger partial charge in [-0.15, -0.1) is 0 Å². The van der Waals surface area contributed by atoms with E-state index in [4.69, 9.17) is 0 Å². The van der Waals surface area contributed by atoms with Gasteiger partial charge in [-0.2, -0.15) is 13.9 Å². The second-order valence-corrected chi connectivity index (χ2v) is 10.4. The van der Waals surface area contributed by atoms with Gasteiger partial charge in [-0.05, 0) is 58.9 Å². The van der Waals surface area contributed by atoms with Crippen LogP contribution in [0.15, 0.2) is 36.5 Å². The Bertz CT molecular complexity index is 1160. The van der Waals surface area contributed by atoms with E-state index in [0.29, 0.717) is 27.9 Å². The van der Waals surface area contributed by atoms with Gasteiger partial charge in [0.25, 0.3) is 0 Å². The number of carbonyl (C=O) groups is 1. The number of nitrogens with zero attached hydrogens (tertiary/aromatic N) is 3. The molecule has 3 heterocycles. The first-order valence-corrected chi connectivity index (χ1v) is 12.6. The van der Waals surface area contributed by atoms with Crippen molar-refractivity contribution in [1.82, 2.24) is 20.1 Å². The summed E-state index contributed by atoms with van der Waals surface area (Å²) in [4.78, 5) is 15.3. The fraction of sp³-hybridized carbons (Fsp3) is 0.458. The Labute approximate surface area is 200 Å². The van der Waals surface area contributed by atoms with Gasteiger partial charge in [-0.3, -0.25) is 18.7 Å². The Kier molecular flexibility index (Phi) is 8.48. The van der Waals surface area contributed by atoms with E-state index in [0.717, 1.165) is 30.6 Å². The van der Waals surface area contributed by atoms with Crippen LogP contribution in [0.4, 0.5) is 8.78 Å². The Hall–Kier alpha value is -2.72. The van der Waals surface area contributed by atoms with Gasteiger partial charge in [0.05, 0.1) is 5.52 Å². The van der Waals surface area contributed by atoms with Gasteiger partial charge in [-0.25, -0.2) is 0 Å². The van der Waals surface area contributed by atoms with Crippen LogP contribution in [0.25, 0.3) is 22.3 Å². The molecule has 0 bridgehead atoms. The first-order chi connectivity index (χ1) is 16.2. The zero-order chi connectivity index (χ0) is 24.9. The Morgan fingerprint density at radius 3 is 2.53 bits per heavy atom. The van der Waals surface area contributed by atoms with Crippen LogP contribution in [-0.2, 0) is 10.8 Å². The van der Waals surface area contributed by atoms with Crippen LogP contribution in [0, 0.1) is 0 Å². The molecule has 184 valence electrons. The summed E-state index contributed by atoms with van der Waals surface area (Å²) in [7, 11) is 1.45. The fourth-order valence-corrected chi connectivity index (χ4v) is 5.22. The van der Waals surface area contributed by atoms with Crippen molar-refractivity contribution in [3.8, 4) is 17.0 Å². The summed E-state index contributed by atoms with van der Waals surface area (Å²) < 4.78 is 42.0. The molecular weight excluding hydrogens is 462 g/mol. The number of fused-ring (bicyclic) bond motifs is 1. The Morgan fingerprint density at radius 2 is 1.94 bits per heavy atom. The van der Waals surface area contributed by atoms with Gasteiger partial charge >= 0.3 is 6.61 Å². The number of pyridine rings is 1. The molecule has 0 aliphatic carbocycles. The minimum atomic E-state index is -2.89. The van der Waals surface area contributed by atoms with E-state index in [-0.39, 0.29) is 17.3 Å². The molecule has 1 aliphatic rings. The van der Waals surface area contributed by atoms with Gasteiger partial charge in [-0.1, -0.05) is 12.1 Å². The molecule has 1 fully saturated rings. The highest BCUT2D eigenvalue weighted by molar-refractivity contribution is 7.85. The summed E-state index contributed by atoms with van der Waals surface area (Å²) >= 11 is 0. The van der Waals surface area contributed by atoms with Crippen LogP contribution >= 0.6 is 0 Å². The molecule has 2 aromatic heterocycles. The van der Waals surface area contributed by atoms with E-state index in [1.807, 2.05) is 20.9 Å². The summed E-state index contributed by atoms with van der Waals surface area (Å²) in [5.74, 6) is 1.80. The molecule has 0 unspecified atom stereocenters. The molecule has 1 N–H and O–H groups in total. The number of alkyl halides is 2. The van der Waals surface area contributed by atoms with Gasteiger partial charge in [0.15, 0.2) is 6.29 Å². The third-order valence-electron chi connectivity index (χ3n) is 5.89. The molecule has 0 atom stereocenters. The molecule has 0 radical (unpaired) electrons. The van der Waals surface area contributed by atoms with E-state index in [1.54, 1.807) is 22.9 Å². The van der Waals surface area contributed by atoms with Crippen LogP contribution in [0.3, 0.4) is 0 Å². The molecule has 0 spiro atoms. The zero-order valence-electron chi connectivity index (χ0n) is 19.8. The van der Waals surface area contributed by atoms with Gasteiger partial charge in [0.2, 0.25) is 0 Å². The summed E-state index contributed by atoms with van der Waals surface area (Å²) in [5, 5.41) is 7.82. The molecule has 10 heteroatoms. The van der Waals surface area contributed by atoms with Crippen molar-refractivity contribution in [1.29, 1.82) is 0 Å². The van der Waals surface area contributed by atoms with Crippen molar-refractivity contribution in [2.75, 3.05) is 18.6 Å². The largest absolute Gasteiger partial charge is 0.435 e. The van der Waals surface area contributed by atoms with Crippen molar-refractivity contribution in [3.05, 3.63) is 42.1 Å². The quantitative estimate of drug-likeness (QED) is 0.506. The predicted octanol–water partition coefficient (Wildman–Crippen LogP) is 4.60. The minimum Gasteiger partial charge on any atom is -0.435 e. The van der Waals surface area contributed by atoms with Crippen LogP contribution < -0.4 is 10.1 Å². The SMILES string of the molecule is CC(C)n1nc(-c2cccc(OC(F)F)c2)c2ncc(C=O)cc21.CNC1(C)CCS(=O)CC1. The second-order valence-electron chi connectivity index (χ2n) is 8.71. The lowest BCUT2D eigenvalue weighted by Crippen LogP contribution is -2.45. The average molecular weight is 493 g/mol. The van der Waals surface area contributed by atoms with E-state index in [9.17, 15) is 17.8 Å². The lowest BCUT2D eigenvalue weighted by atomic mass is 9.95. The van der Waals surface area contributed by atoms with E-state index in [2.05, 4.69) is 27.1 Å². The van der Waals surface area contributed by atoms with Crippen molar-refractivity contribution < 1.29 is 22.5 Å². The molecule has 0 amide bonds. The number of carbonyl (C=O) groups excluding carboxylic acids is 1. The Balaban J connectivity index is 0.000000271. The number of hydrogen-bond donors (Lipinski definition) is 1. The molecule has 1 saturated heterocycles. The van der Waals surface area contributed by atoms with Crippen molar-refractivity contribution in [2.24, 2.45) is 0 Å². The molecule has 7 nitrogen and oxygen atoms in total. The van der Waals surface area contributed by atoms with Gasteiger partial charge < -0.3 is 10.1 Å². The number of benzene rings is 1. The molecular formula is C24H30F2N4O3S. The lowest BCUT2D eigenvalue weighted by Gasteiger charge is -2.32. The molecule has 34 heavy (non-hydrogen) atoms. The Morgan fingerprint density at radius 1 is 1.24 bits per heavy atom. The number of hydrogen-bond acceptors (Lipinski definition) is 6. The first-order valence-electron chi connectivity index (χ1n) is 11.1. The van der Waals surface area contributed by atoms with Gasteiger partial charge in [0.1, 0.15) is 17.0 Å². The monoisotopic (exact) mass is 492 g/mol. The average Bonchev–Trinajstić information content (AvgIpc) is 3.20. The minimum absolute atomic E-state index is 0.0467. The summed E-state index contributed by atoms with van der Waals surface area (Å²) in [6.45, 7) is 3.22. The maximum atomic E-state index is 12.4. The highest BCUT2D eigenvalue weighted by Gasteiger charge is 2.27. The molecule has 3 aromatic rings. The summed E-state index contributed by atoms with van der Waals surface area (Å²) in [5.41, 5.74) is 3.19. The maximum absolute atomic E-state index is 12.4. The molecule has 1 aromatic carbocycles. The van der Waals surface area contributed by atoms with Gasteiger partial charge in [0, 0.05) is 51.2 Å². The summed E-state index contributed by atoms with van der Waals surface area (Å²) in [6.07, 6.45) is 4.29. The number of halogens is 2. The predicted molar refractivity (Wildman–Crippen MR) is 130 cm³/mol. The third-order valence-corrected chi connectivity index (χ3v) is 7.21. The number of rotatable bonds is 6. The van der Waals surface area contributed by atoms with Crippen LogP contribution in [0.1, 0.15) is 50.0 Å². The number of ether oxygens (including phenoxy) is 1. The molecule has 0 saturated carbocycles. The zero-order valence-corrected chi connectivity index (χ0v) is 20.6. The third kappa shape index (κ3) is 6.24. The molecule has 1 aliphatic heterocycles. The number of nitrogens with one attached hydrogen (secondary N) is 1. The summed E-state index contributed by atoms with van der Waals surface area (Å²) in [6, 6.07) is 8.08. The normalized spacial score (nSPS) is 20.3. The maximum Gasteiger partial charge on any atom is 0.387 e. The topological polar surface area (TPSA) is 86.1 Å². The van der Waals surface area contributed by atoms with E-state index < -0.39 is 17.4 Å². The first kappa shape index (κ1) is 25.9. The van der Waals surface area contributed by atoms with Crippen molar-refractivity contribution in [2.45, 2.75) is 51.8 Å². The highest BCUT2D eigenvalue weighted by atomic mass is 32.2.